The van der Waals surface area contributed by atoms with Gasteiger partial charge in [0, 0.05) is 0 Å². The zero-order chi connectivity index (χ0) is 17.2. The molecule has 1 N–H and O–H groups in total. The van der Waals surface area contributed by atoms with Crippen LogP contribution in [0.25, 0.3) is 0 Å². The number of pyridine rings is 1. The molecule has 0 spiro atoms. The Balaban J connectivity index is 2.23. The van der Waals surface area contributed by atoms with Gasteiger partial charge >= 0.3 is 6.18 Å². The summed E-state index contributed by atoms with van der Waals surface area (Å²) in [5.74, 6) is -0.259. The van der Waals surface area contributed by atoms with E-state index in [1.54, 1.807) is 6.92 Å². The third-order valence-electron chi connectivity index (χ3n) is 3.03. The van der Waals surface area contributed by atoms with E-state index in [0.29, 0.717) is 5.82 Å². The maximum absolute atomic E-state index is 12.7. The molecule has 0 aliphatic heterocycles. The van der Waals surface area contributed by atoms with E-state index in [-0.39, 0.29) is 17.5 Å². The van der Waals surface area contributed by atoms with Gasteiger partial charge in [-0.15, -0.1) is 0 Å². The predicted molar refractivity (Wildman–Crippen MR) is 73.3 cm³/mol. The van der Waals surface area contributed by atoms with Crippen molar-refractivity contribution >= 4 is 5.91 Å². The predicted octanol–water partition coefficient (Wildman–Crippen LogP) is 2.92. The van der Waals surface area contributed by atoms with Crippen LogP contribution < -0.4 is 5.32 Å². The molecule has 0 saturated heterocycles. The Morgan fingerprint density at radius 3 is 2.48 bits per heavy atom. The summed E-state index contributed by atoms with van der Waals surface area (Å²) < 4.78 is 43.0. The summed E-state index contributed by atoms with van der Waals surface area (Å²) in [6.45, 7) is 5.24. The van der Waals surface area contributed by atoms with E-state index in [2.05, 4.69) is 20.4 Å². The number of hydrogen-bond donors (Lipinski definition) is 1. The van der Waals surface area contributed by atoms with Crippen molar-refractivity contribution in [3.8, 4) is 0 Å². The van der Waals surface area contributed by atoms with Gasteiger partial charge in [0.1, 0.15) is 17.4 Å². The maximum atomic E-state index is 12.7. The van der Waals surface area contributed by atoms with Gasteiger partial charge in [-0.05, 0) is 25.0 Å². The minimum atomic E-state index is -4.61. The zero-order valence-electron chi connectivity index (χ0n) is 12.7. The van der Waals surface area contributed by atoms with Crippen LogP contribution >= 0.6 is 0 Å². The Morgan fingerprint density at radius 2 is 1.96 bits per heavy atom. The van der Waals surface area contributed by atoms with Gasteiger partial charge in [0.2, 0.25) is 5.89 Å². The van der Waals surface area contributed by atoms with Crippen LogP contribution in [0.4, 0.5) is 13.2 Å². The number of aromatic nitrogens is 3. The summed E-state index contributed by atoms with van der Waals surface area (Å²) in [6, 6.07) is 2.52. The van der Waals surface area contributed by atoms with Gasteiger partial charge < -0.3 is 9.84 Å². The van der Waals surface area contributed by atoms with Crippen molar-refractivity contribution in [2.24, 2.45) is 5.92 Å². The molecule has 9 heteroatoms. The summed E-state index contributed by atoms with van der Waals surface area (Å²) in [6.07, 6.45) is -4.61. The largest absolute Gasteiger partial charge is 0.433 e. The molecule has 0 aliphatic carbocycles. The number of nitrogens with one attached hydrogen (secondary N) is 1. The molecule has 0 aromatic carbocycles. The Bertz CT molecular complexity index is 697. The topological polar surface area (TPSA) is 80.9 Å². The molecule has 0 fully saturated rings. The Labute approximate surface area is 130 Å². The van der Waals surface area contributed by atoms with Crippen molar-refractivity contribution in [2.75, 3.05) is 0 Å². The minimum absolute atomic E-state index is 0.107. The Hall–Kier alpha value is -2.45. The smallest absolute Gasteiger partial charge is 0.339 e. The number of amides is 1. The monoisotopic (exact) mass is 328 g/mol. The third-order valence-corrected chi connectivity index (χ3v) is 3.03. The molecule has 2 rings (SSSR count). The standard InChI is InChI=1S/C14H15F3N4O2/c1-7(2)11(13-18-8(3)21-23-13)20-12(22)9-5-4-6-10(19-9)14(15,16)17/h4-7,11H,1-3H3,(H,20,22). The molecule has 0 saturated carbocycles. The van der Waals surface area contributed by atoms with Crippen molar-refractivity contribution in [3.63, 3.8) is 0 Å². The van der Waals surface area contributed by atoms with E-state index in [9.17, 15) is 18.0 Å². The summed E-state index contributed by atoms with van der Waals surface area (Å²) in [7, 11) is 0. The van der Waals surface area contributed by atoms with Crippen LogP contribution in [0.15, 0.2) is 22.7 Å². The number of carbonyl (C=O) groups excluding carboxylic acids is 1. The zero-order valence-corrected chi connectivity index (χ0v) is 12.7. The summed E-state index contributed by atoms with van der Waals surface area (Å²) >= 11 is 0. The highest BCUT2D eigenvalue weighted by molar-refractivity contribution is 5.92. The quantitative estimate of drug-likeness (QED) is 0.933. The van der Waals surface area contributed by atoms with Crippen molar-refractivity contribution in [3.05, 3.63) is 41.3 Å². The molecule has 1 amide bonds. The lowest BCUT2D eigenvalue weighted by atomic mass is 10.0. The van der Waals surface area contributed by atoms with E-state index in [1.165, 1.54) is 6.07 Å². The second kappa shape index (κ2) is 6.35. The van der Waals surface area contributed by atoms with Gasteiger partial charge in [-0.1, -0.05) is 25.1 Å². The molecule has 1 unspecified atom stereocenters. The van der Waals surface area contributed by atoms with Crippen molar-refractivity contribution < 1.29 is 22.5 Å². The lowest BCUT2D eigenvalue weighted by Crippen LogP contribution is -2.33. The highest BCUT2D eigenvalue weighted by atomic mass is 19.4. The Morgan fingerprint density at radius 1 is 1.26 bits per heavy atom. The highest BCUT2D eigenvalue weighted by Crippen LogP contribution is 2.27. The van der Waals surface area contributed by atoms with Crippen LogP contribution in [0.3, 0.4) is 0 Å². The summed E-state index contributed by atoms with van der Waals surface area (Å²) in [5, 5.41) is 6.22. The number of rotatable bonds is 4. The average molecular weight is 328 g/mol. The number of aryl methyl sites for hydroxylation is 1. The number of hydrogen-bond acceptors (Lipinski definition) is 5. The minimum Gasteiger partial charge on any atom is -0.339 e. The van der Waals surface area contributed by atoms with Gasteiger partial charge in [-0.2, -0.15) is 18.2 Å². The van der Waals surface area contributed by atoms with Crippen LogP contribution in [0, 0.1) is 12.8 Å². The number of nitrogens with zero attached hydrogens (tertiary/aromatic N) is 3. The molecule has 0 radical (unpaired) electrons. The van der Waals surface area contributed by atoms with E-state index in [1.807, 2.05) is 13.8 Å². The molecule has 2 heterocycles. The molecule has 0 bridgehead atoms. The fourth-order valence-electron chi connectivity index (χ4n) is 1.89. The summed E-state index contributed by atoms with van der Waals surface area (Å²) in [4.78, 5) is 19.6. The highest BCUT2D eigenvalue weighted by Gasteiger charge is 2.33. The summed E-state index contributed by atoms with van der Waals surface area (Å²) in [5.41, 5.74) is -1.46. The van der Waals surface area contributed by atoms with Gasteiger partial charge in [-0.25, -0.2) is 4.98 Å². The van der Waals surface area contributed by atoms with E-state index in [0.717, 1.165) is 12.1 Å². The van der Waals surface area contributed by atoms with Crippen molar-refractivity contribution in [2.45, 2.75) is 33.0 Å². The Kier molecular flexibility index (Phi) is 4.67. The van der Waals surface area contributed by atoms with Crippen LogP contribution in [0.1, 0.15) is 47.8 Å². The van der Waals surface area contributed by atoms with Crippen LogP contribution in [0.5, 0.6) is 0 Å². The molecule has 6 nitrogen and oxygen atoms in total. The normalized spacial score (nSPS) is 13.2. The van der Waals surface area contributed by atoms with Gasteiger partial charge in [0.05, 0.1) is 0 Å². The SMILES string of the molecule is Cc1noc(C(NC(=O)c2cccc(C(F)(F)F)n2)C(C)C)n1. The molecule has 2 aromatic heterocycles. The molecule has 0 aliphatic rings. The first-order chi connectivity index (χ1) is 10.7. The molecule has 124 valence electrons. The average Bonchev–Trinajstić information content (AvgIpc) is 2.89. The fourth-order valence-corrected chi connectivity index (χ4v) is 1.89. The first kappa shape index (κ1) is 16.9. The molecular formula is C14H15F3N4O2. The van der Waals surface area contributed by atoms with Gasteiger partial charge in [0.15, 0.2) is 5.82 Å². The molecular weight excluding hydrogens is 313 g/mol. The number of halogens is 3. The second-order valence-corrected chi connectivity index (χ2v) is 5.28. The van der Waals surface area contributed by atoms with Crippen LogP contribution in [-0.4, -0.2) is 21.0 Å². The van der Waals surface area contributed by atoms with E-state index in [4.69, 9.17) is 4.52 Å². The molecule has 1 atom stereocenters. The van der Waals surface area contributed by atoms with Crippen molar-refractivity contribution in [1.82, 2.24) is 20.4 Å². The number of carbonyl (C=O) groups is 1. The first-order valence-corrected chi connectivity index (χ1v) is 6.84. The van der Waals surface area contributed by atoms with E-state index >= 15 is 0 Å². The lowest BCUT2D eigenvalue weighted by Gasteiger charge is -2.18. The van der Waals surface area contributed by atoms with Crippen molar-refractivity contribution in [1.29, 1.82) is 0 Å². The number of alkyl halides is 3. The third kappa shape index (κ3) is 4.05. The van der Waals surface area contributed by atoms with Gasteiger partial charge in [0.25, 0.3) is 5.91 Å². The fraction of sp³-hybridized carbons (Fsp3) is 0.429. The molecule has 23 heavy (non-hydrogen) atoms. The first-order valence-electron chi connectivity index (χ1n) is 6.84. The maximum Gasteiger partial charge on any atom is 0.433 e. The molecule has 2 aromatic rings. The van der Waals surface area contributed by atoms with E-state index < -0.39 is 23.8 Å². The second-order valence-electron chi connectivity index (χ2n) is 5.28. The lowest BCUT2D eigenvalue weighted by molar-refractivity contribution is -0.141. The van der Waals surface area contributed by atoms with Crippen LogP contribution in [-0.2, 0) is 6.18 Å². The van der Waals surface area contributed by atoms with Crippen LogP contribution in [0.2, 0.25) is 0 Å². The van der Waals surface area contributed by atoms with Gasteiger partial charge in [-0.3, -0.25) is 4.79 Å².